The lowest BCUT2D eigenvalue weighted by molar-refractivity contribution is 0.497. The molecule has 0 aliphatic heterocycles. The SMILES string of the molecule is C#CCC(Cc1ccc(F)c(F)c1)NCCC. The molecule has 1 rings (SSSR count). The molecule has 17 heavy (non-hydrogen) atoms. The number of terminal acetylenes is 1. The van der Waals surface area contributed by atoms with Crippen LogP contribution in [0.3, 0.4) is 0 Å². The Labute approximate surface area is 101 Å². The van der Waals surface area contributed by atoms with Gasteiger partial charge in [-0.05, 0) is 37.1 Å². The third-order valence-electron chi connectivity index (χ3n) is 2.51. The van der Waals surface area contributed by atoms with Gasteiger partial charge < -0.3 is 5.32 Å². The highest BCUT2D eigenvalue weighted by atomic mass is 19.2. The van der Waals surface area contributed by atoms with E-state index in [-0.39, 0.29) is 6.04 Å². The molecule has 1 nitrogen and oxygen atoms in total. The van der Waals surface area contributed by atoms with Crippen LogP contribution < -0.4 is 5.32 Å². The molecule has 3 heteroatoms. The predicted octanol–water partition coefficient (Wildman–Crippen LogP) is 2.90. The molecular formula is C14H17F2N. The molecule has 0 spiro atoms. The number of benzene rings is 1. The molecule has 0 aliphatic carbocycles. The Bertz CT molecular complexity index is 396. The first kappa shape index (κ1) is 13.7. The molecule has 0 aliphatic rings. The summed E-state index contributed by atoms with van der Waals surface area (Å²) in [4.78, 5) is 0. The first-order chi connectivity index (χ1) is 8.17. The van der Waals surface area contributed by atoms with Crippen molar-refractivity contribution in [2.24, 2.45) is 0 Å². The van der Waals surface area contributed by atoms with Crippen LogP contribution in [0.1, 0.15) is 25.3 Å². The third-order valence-corrected chi connectivity index (χ3v) is 2.51. The van der Waals surface area contributed by atoms with Crippen molar-refractivity contribution in [3.8, 4) is 12.3 Å². The smallest absolute Gasteiger partial charge is 0.159 e. The third kappa shape index (κ3) is 4.54. The fourth-order valence-electron chi connectivity index (χ4n) is 1.66. The van der Waals surface area contributed by atoms with Crippen LogP contribution in [-0.4, -0.2) is 12.6 Å². The van der Waals surface area contributed by atoms with E-state index in [1.54, 1.807) is 6.07 Å². The molecule has 0 fully saturated rings. The van der Waals surface area contributed by atoms with E-state index in [9.17, 15) is 8.78 Å². The fraction of sp³-hybridized carbons (Fsp3) is 0.429. The van der Waals surface area contributed by atoms with E-state index in [0.717, 1.165) is 24.6 Å². The van der Waals surface area contributed by atoms with E-state index in [0.29, 0.717) is 12.8 Å². The number of nitrogens with one attached hydrogen (secondary N) is 1. The Kier molecular flexibility index (Phi) is 5.65. The van der Waals surface area contributed by atoms with E-state index >= 15 is 0 Å². The summed E-state index contributed by atoms with van der Waals surface area (Å²) in [6.07, 6.45) is 7.49. The highest BCUT2D eigenvalue weighted by Crippen LogP contribution is 2.11. The van der Waals surface area contributed by atoms with Crippen molar-refractivity contribution < 1.29 is 8.78 Å². The van der Waals surface area contributed by atoms with Crippen LogP contribution in [0, 0.1) is 24.0 Å². The van der Waals surface area contributed by atoms with Crippen LogP contribution in [0.5, 0.6) is 0 Å². The van der Waals surface area contributed by atoms with E-state index in [1.807, 2.05) is 0 Å². The van der Waals surface area contributed by atoms with Crippen molar-refractivity contribution in [2.45, 2.75) is 32.2 Å². The van der Waals surface area contributed by atoms with Gasteiger partial charge in [0.05, 0.1) is 0 Å². The maximum Gasteiger partial charge on any atom is 0.159 e. The van der Waals surface area contributed by atoms with Gasteiger partial charge in [-0.1, -0.05) is 13.0 Å². The average Bonchev–Trinajstić information content (AvgIpc) is 2.31. The zero-order chi connectivity index (χ0) is 12.7. The molecular weight excluding hydrogens is 220 g/mol. The maximum absolute atomic E-state index is 13.0. The lowest BCUT2D eigenvalue weighted by Crippen LogP contribution is -2.31. The average molecular weight is 237 g/mol. The van der Waals surface area contributed by atoms with Crippen LogP contribution in [0.2, 0.25) is 0 Å². The minimum absolute atomic E-state index is 0.116. The Morgan fingerprint density at radius 1 is 1.35 bits per heavy atom. The van der Waals surface area contributed by atoms with Crippen molar-refractivity contribution in [1.29, 1.82) is 0 Å². The van der Waals surface area contributed by atoms with Gasteiger partial charge in [0.1, 0.15) is 0 Å². The second-order valence-electron chi connectivity index (χ2n) is 4.01. The van der Waals surface area contributed by atoms with Crippen LogP contribution in [0.4, 0.5) is 8.78 Å². The van der Waals surface area contributed by atoms with Crippen LogP contribution >= 0.6 is 0 Å². The summed E-state index contributed by atoms with van der Waals surface area (Å²) in [6, 6.07) is 4.09. The number of halogens is 2. The Morgan fingerprint density at radius 3 is 2.71 bits per heavy atom. The van der Waals surface area contributed by atoms with E-state index in [2.05, 4.69) is 18.2 Å². The molecule has 0 saturated heterocycles. The number of hydrogen-bond donors (Lipinski definition) is 1. The first-order valence-electron chi connectivity index (χ1n) is 5.78. The molecule has 0 heterocycles. The van der Waals surface area contributed by atoms with Crippen molar-refractivity contribution in [3.63, 3.8) is 0 Å². The summed E-state index contributed by atoms with van der Waals surface area (Å²) in [5.41, 5.74) is 0.757. The molecule has 0 saturated carbocycles. The minimum Gasteiger partial charge on any atom is -0.313 e. The normalized spacial score (nSPS) is 12.1. The lowest BCUT2D eigenvalue weighted by atomic mass is 10.0. The molecule has 1 aromatic carbocycles. The largest absolute Gasteiger partial charge is 0.313 e. The van der Waals surface area contributed by atoms with E-state index in [4.69, 9.17) is 6.42 Å². The van der Waals surface area contributed by atoms with Gasteiger partial charge in [0.25, 0.3) is 0 Å². The monoisotopic (exact) mass is 237 g/mol. The van der Waals surface area contributed by atoms with Gasteiger partial charge in [0.15, 0.2) is 11.6 Å². The lowest BCUT2D eigenvalue weighted by Gasteiger charge is -2.16. The molecule has 0 bridgehead atoms. The van der Waals surface area contributed by atoms with Crippen molar-refractivity contribution in [2.75, 3.05) is 6.54 Å². The number of rotatable bonds is 6. The van der Waals surface area contributed by atoms with Crippen molar-refractivity contribution in [3.05, 3.63) is 35.4 Å². The summed E-state index contributed by atoms with van der Waals surface area (Å²) in [7, 11) is 0. The highest BCUT2D eigenvalue weighted by molar-refractivity contribution is 5.19. The van der Waals surface area contributed by atoms with Crippen LogP contribution in [0.15, 0.2) is 18.2 Å². The summed E-state index contributed by atoms with van der Waals surface area (Å²) in [6.45, 7) is 2.94. The van der Waals surface area contributed by atoms with Gasteiger partial charge in [-0.15, -0.1) is 12.3 Å². The van der Waals surface area contributed by atoms with Gasteiger partial charge in [0.2, 0.25) is 0 Å². The quantitative estimate of drug-likeness (QED) is 0.750. The van der Waals surface area contributed by atoms with Crippen LogP contribution in [0.25, 0.3) is 0 Å². The van der Waals surface area contributed by atoms with Gasteiger partial charge in [0, 0.05) is 12.5 Å². The Morgan fingerprint density at radius 2 is 2.12 bits per heavy atom. The first-order valence-corrected chi connectivity index (χ1v) is 5.78. The van der Waals surface area contributed by atoms with Crippen molar-refractivity contribution >= 4 is 0 Å². The van der Waals surface area contributed by atoms with E-state index in [1.165, 1.54) is 6.07 Å². The standard InChI is InChI=1S/C14H17F2N/c1-3-5-12(17-8-4-2)9-11-6-7-13(15)14(16)10-11/h1,6-7,10,12,17H,4-5,8-9H2,2H3. The fourth-order valence-corrected chi connectivity index (χ4v) is 1.66. The molecule has 1 unspecified atom stereocenters. The highest BCUT2D eigenvalue weighted by Gasteiger charge is 2.09. The predicted molar refractivity (Wildman–Crippen MR) is 65.6 cm³/mol. The molecule has 1 atom stereocenters. The number of hydrogen-bond acceptors (Lipinski definition) is 1. The zero-order valence-electron chi connectivity index (χ0n) is 9.97. The van der Waals surface area contributed by atoms with Gasteiger partial charge in [-0.25, -0.2) is 8.78 Å². The molecule has 0 aromatic heterocycles. The second-order valence-corrected chi connectivity index (χ2v) is 4.01. The summed E-state index contributed by atoms with van der Waals surface area (Å²) in [5.74, 6) is 0.969. The maximum atomic E-state index is 13.0. The van der Waals surface area contributed by atoms with Crippen molar-refractivity contribution in [1.82, 2.24) is 5.32 Å². The minimum atomic E-state index is -0.816. The molecule has 92 valence electrons. The van der Waals surface area contributed by atoms with E-state index < -0.39 is 11.6 Å². The molecule has 1 aromatic rings. The summed E-state index contributed by atoms with van der Waals surface area (Å²) < 4.78 is 25.8. The molecule has 0 radical (unpaired) electrons. The molecule has 1 N–H and O–H groups in total. The summed E-state index contributed by atoms with van der Waals surface area (Å²) in [5, 5.41) is 3.29. The topological polar surface area (TPSA) is 12.0 Å². The van der Waals surface area contributed by atoms with Gasteiger partial charge >= 0.3 is 0 Å². The zero-order valence-corrected chi connectivity index (χ0v) is 9.97. The van der Waals surface area contributed by atoms with Gasteiger partial charge in [-0.3, -0.25) is 0 Å². The van der Waals surface area contributed by atoms with Crippen LogP contribution in [-0.2, 0) is 6.42 Å². The second kappa shape index (κ2) is 7.03. The Hall–Kier alpha value is -1.40. The summed E-state index contributed by atoms with van der Waals surface area (Å²) >= 11 is 0. The Balaban J connectivity index is 2.65. The van der Waals surface area contributed by atoms with Gasteiger partial charge in [-0.2, -0.15) is 0 Å². The molecule has 0 amide bonds.